The van der Waals surface area contributed by atoms with E-state index in [1.54, 1.807) is 0 Å². The highest BCUT2D eigenvalue weighted by molar-refractivity contribution is 5.80. The van der Waals surface area contributed by atoms with Gasteiger partial charge in [0.2, 0.25) is 5.91 Å². The molecule has 1 fully saturated rings. The summed E-state index contributed by atoms with van der Waals surface area (Å²) < 4.78 is 11.2. The van der Waals surface area contributed by atoms with Crippen LogP contribution < -0.4 is 5.32 Å². The van der Waals surface area contributed by atoms with Gasteiger partial charge in [0, 0.05) is 0 Å². The molecule has 0 aromatic carbocycles. The Kier molecular flexibility index (Phi) is 65.0. The van der Waals surface area contributed by atoms with Crippen molar-refractivity contribution in [1.82, 2.24) is 5.32 Å². The van der Waals surface area contributed by atoms with Crippen LogP contribution in [0.4, 0.5) is 0 Å². The fourth-order valence-corrected chi connectivity index (χ4v) is 13.2. The van der Waals surface area contributed by atoms with Crippen molar-refractivity contribution in [3.05, 3.63) is 24.3 Å². The first kappa shape index (κ1) is 86.6. The van der Waals surface area contributed by atoms with E-state index in [2.05, 4.69) is 43.5 Å². The van der Waals surface area contributed by atoms with E-state index in [1.807, 2.05) is 0 Å². The minimum atomic E-state index is -1.66. The second-order valence-corrected chi connectivity index (χ2v) is 28.1. The van der Waals surface area contributed by atoms with Crippen LogP contribution in [0, 0.1) is 0 Å². The summed E-state index contributed by atoms with van der Waals surface area (Å²) in [6.07, 6.45) is 75.7. The Hall–Kier alpha value is -1.41. The first-order valence-corrected chi connectivity index (χ1v) is 39.7. The third kappa shape index (κ3) is 53.8. The third-order valence-electron chi connectivity index (χ3n) is 19.5. The van der Waals surface area contributed by atoms with Crippen LogP contribution in [-0.4, -0.2) is 110 Å². The molecule has 8 N–H and O–H groups in total. The Morgan fingerprint density at radius 2 is 0.678 bits per heavy atom. The largest absolute Gasteiger partial charge is 0.394 e. The molecule has 1 aliphatic rings. The van der Waals surface area contributed by atoms with Gasteiger partial charge in [0.05, 0.1) is 25.4 Å². The lowest BCUT2D eigenvalue weighted by molar-refractivity contribution is -0.303. The minimum Gasteiger partial charge on any atom is -0.394 e. The number of unbranched alkanes of at least 4 members (excludes halogenated alkanes) is 55. The molecule has 11 nitrogen and oxygen atoms in total. The maximum Gasteiger partial charge on any atom is 0.249 e. The smallest absolute Gasteiger partial charge is 0.249 e. The molecular formula is C79H153NO10. The van der Waals surface area contributed by atoms with Crippen LogP contribution >= 0.6 is 0 Å². The Balaban J connectivity index is 2.13. The number of hydrogen-bond acceptors (Lipinski definition) is 10. The van der Waals surface area contributed by atoms with Gasteiger partial charge in [-0.25, -0.2) is 0 Å². The van der Waals surface area contributed by atoms with Gasteiger partial charge < -0.3 is 50.5 Å². The Morgan fingerprint density at radius 3 is 0.989 bits per heavy atom. The van der Waals surface area contributed by atoms with Gasteiger partial charge in [0.15, 0.2) is 6.29 Å². The maximum atomic E-state index is 13.3. The SMILES string of the molecule is CCCCCCCCCCCCC/C=C\C/C=C\CCCCCCCCCCCCCCCCCCC(O)C(=O)NC(COC1OC(CO)C(O)C(O)C1O)C(O)C(O)CCCCCCCCCCCCCCCCCCCCCCCCCCCCCCC. The minimum absolute atomic E-state index is 0.263. The first-order valence-electron chi connectivity index (χ1n) is 39.7. The number of allylic oxidation sites excluding steroid dienone is 4. The number of aliphatic hydroxyl groups excluding tert-OH is 7. The van der Waals surface area contributed by atoms with Crippen LogP contribution in [0.25, 0.3) is 0 Å². The number of nitrogens with one attached hydrogen (secondary N) is 1. The summed E-state index contributed by atoms with van der Waals surface area (Å²) in [5, 5.41) is 76.8. The first-order chi connectivity index (χ1) is 44.2. The maximum absolute atomic E-state index is 13.3. The highest BCUT2D eigenvalue weighted by atomic mass is 16.7. The monoisotopic (exact) mass is 1280 g/mol. The molecule has 0 saturated carbocycles. The molecule has 0 aromatic rings. The van der Waals surface area contributed by atoms with Gasteiger partial charge in [0.25, 0.3) is 0 Å². The van der Waals surface area contributed by atoms with E-state index in [0.29, 0.717) is 19.3 Å². The fourth-order valence-electron chi connectivity index (χ4n) is 13.2. The molecule has 0 aliphatic carbocycles. The number of carbonyl (C=O) groups excluding carboxylic acids is 1. The average Bonchev–Trinajstić information content (AvgIpc) is 1.22. The molecule has 0 radical (unpaired) electrons. The predicted octanol–water partition coefficient (Wildman–Crippen LogP) is 20.3. The highest BCUT2D eigenvalue weighted by Gasteiger charge is 2.44. The van der Waals surface area contributed by atoms with Crippen molar-refractivity contribution in [3.8, 4) is 0 Å². The summed E-state index contributed by atoms with van der Waals surface area (Å²) in [6, 6.07) is -1.17. The van der Waals surface area contributed by atoms with Crippen molar-refractivity contribution in [1.29, 1.82) is 0 Å². The van der Waals surface area contributed by atoms with Crippen molar-refractivity contribution in [2.45, 2.75) is 461 Å². The van der Waals surface area contributed by atoms with E-state index in [4.69, 9.17) is 9.47 Å². The predicted molar refractivity (Wildman–Crippen MR) is 381 cm³/mol. The average molecular weight is 1280 g/mol. The quantitative estimate of drug-likeness (QED) is 0.0215. The van der Waals surface area contributed by atoms with Crippen LogP contribution in [0.1, 0.15) is 406 Å². The van der Waals surface area contributed by atoms with Crippen LogP contribution in [-0.2, 0) is 14.3 Å². The molecule has 11 heteroatoms. The van der Waals surface area contributed by atoms with Crippen LogP contribution in [0.5, 0.6) is 0 Å². The summed E-state index contributed by atoms with van der Waals surface area (Å²) in [5.41, 5.74) is 0. The van der Waals surface area contributed by atoms with E-state index in [1.165, 1.54) is 321 Å². The number of aliphatic hydroxyl groups is 7. The number of ether oxygens (including phenoxy) is 2. The number of hydrogen-bond donors (Lipinski definition) is 8. The zero-order valence-corrected chi connectivity index (χ0v) is 59.4. The molecule has 0 spiro atoms. The van der Waals surface area contributed by atoms with Crippen molar-refractivity contribution in [3.63, 3.8) is 0 Å². The molecule has 0 aromatic heterocycles. The molecule has 1 aliphatic heterocycles. The fraction of sp³-hybridized carbons (Fsp3) is 0.937. The van der Waals surface area contributed by atoms with E-state index < -0.39 is 74.2 Å². The molecule has 534 valence electrons. The van der Waals surface area contributed by atoms with Gasteiger partial charge in [-0.15, -0.1) is 0 Å². The van der Waals surface area contributed by atoms with Gasteiger partial charge in [-0.1, -0.05) is 385 Å². The van der Waals surface area contributed by atoms with Gasteiger partial charge in [-0.3, -0.25) is 4.79 Å². The number of carbonyl (C=O) groups is 1. The molecular weight excluding hydrogens is 1120 g/mol. The molecule has 1 heterocycles. The zero-order valence-electron chi connectivity index (χ0n) is 59.4. The Bertz CT molecular complexity index is 1510. The van der Waals surface area contributed by atoms with Crippen molar-refractivity contribution in [2.24, 2.45) is 0 Å². The van der Waals surface area contributed by atoms with E-state index >= 15 is 0 Å². The van der Waals surface area contributed by atoms with Crippen molar-refractivity contribution in [2.75, 3.05) is 13.2 Å². The van der Waals surface area contributed by atoms with Crippen molar-refractivity contribution < 1.29 is 50.0 Å². The Labute approximate surface area is 556 Å². The summed E-state index contributed by atoms with van der Waals surface area (Å²) in [6.45, 7) is 3.53. The van der Waals surface area contributed by atoms with Crippen LogP contribution in [0.15, 0.2) is 24.3 Å². The lowest BCUT2D eigenvalue weighted by Crippen LogP contribution is -2.60. The summed E-state index contributed by atoms with van der Waals surface area (Å²) >= 11 is 0. The van der Waals surface area contributed by atoms with Crippen LogP contribution in [0.3, 0.4) is 0 Å². The molecule has 90 heavy (non-hydrogen) atoms. The van der Waals surface area contributed by atoms with E-state index in [-0.39, 0.29) is 6.42 Å². The summed E-state index contributed by atoms with van der Waals surface area (Å²) in [5.74, 6) is -0.689. The normalized spacial score (nSPS) is 18.5. The summed E-state index contributed by atoms with van der Waals surface area (Å²) in [7, 11) is 0. The number of amides is 1. The lowest BCUT2D eigenvalue weighted by atomic mass is 9.98. The molecule has 0 bridgehead atoms. The van der Waals surface area contributed by atoms with E-state index in [9.17, 15) is 40.5 Å². The lowest BCUT2D eigenvalue weighted by Gasteiger charge is -2.40. The third-order valence-corrected chi connectivity index (χ3v) is 19.5. The molecule has 9 unspecified atom stereocenters. The van der Waals surface area contributed by atoms with Gasteiger partial charge >= 0.3 is 0 Å². The second kappa shape index (κ2) is 67.6. The Morgan fingerprint density at radius 1 is 0.389 bits per heavy atom. The van der Waals surface area contributed by atoms with Gasteiger partial charge in [-0.2, -0.15) is 0 Å². The van der Waals surface area contributed by atoms with Gasteiger partial charge in [0.1, 0.15) is 36.6 Å². The topological polar surface area (TPSA) is 189 Å². The molecule has 9 atom stereocenters. The van der Waals surface area contributed by atoms with Crippen molar-refractivity contribution >= 4 is 5.91 Å². The zero-order chi connectivity index (χ0) is 65.3. The summed E-state index contributed by atoms with van der Waals surface area (Å²) in [4.78, 5) is 13.3. The van der Waals surface area contributed by atoms with Gasteiger partial charge in [-0.05, 0) is 44.9 Å². The molecule has 1 saturated heterocycles. The second-order valence-electron chi connectivity index (χ2n) is 28.1. The molecule has 1 amide bonds. The molecule has 1 rings (SSSR count). The highest BCUT2D eigenvalue weighted by Crippen LogP contribution is 2.24. The number of rotatable bonds is 71. The van der Waals surface area contributed by atoms with E-state index in [0.717, 1.165) is 44.9 Å². The standard InChI is InChI=1S/C79H153NO10/c1-3-5-7-9-11-13-15-17-19-21-23-25-27-29-31-33-34-35-36-37-39-41-43-45-47-49-51-53-55-57-59-61-63-65-67-72(83)78(88)80-70(69-89-79-77(87)76(86)75(85)73(68-81)90-79)74(84)71(82)66-64-62-60-58-56-54-52-50-48-46-44-42-40-38-32-30-28-26-24-22-20-18-16-14-12-10-8-6-4-2/h27,29,33-34,70-77,79,81-87H,3-26,28,30-32,35-69H2,1-2H3,(H,80,88)/b29-27-,34-33-. The van der Waals surface area contributed by atoms with Crippen LogP contribution in [0.2, 0.25) is 0 Å².